The number of nitro groups is 1. The van der Waals surface area contributed by atoms with Gasteiger partial charge in [-0.1, -0.05) is 0 Å². The lowest BCUT2D eigenvalue weighted by molar-refractivity contribution is -0.384. The molecule has 0 aromatic heterocycles. The fourth-order valence-electron chi connectivity index (χ4n) is 2.55. The molecule has 0 radical (unpaired) electrons. The Balaban J connectivity index is 0.00000242. The molecule has 1 aromatic rings. The lowest BCUT2D eigenvalue weighted by Crippen LogP contribution is -2.35. The van der Waals surface area contributed by atoms with Crippen LogP contribution in [0.4, 0.5) is 5.69 Å². The molecule has 1 fully saturated rings. The number of non-ortho nitro benzene ring substituents is 1. The van der Waals surface area contributed by atoms with E-state index in [0.29, 0.717) is 18.2 Å². The van der Waals surface area contributed by atoms with E-state index in [4.69, 9.17) is 5.73 Å². The molecule has 1 amide bonds. The van der Waals surface area contributed by atoms with E-state index in [1.807, 2.05) is 11.8 Å². The summed E-state index contributed by atoms with van der Waals surface area (Å²) in [7, 11) is 0. The third kappa shape index (κ3) is 4.59. The number of carbonyl (C=O) groups excluding carboxylic acids is 1. The largest absolute Gasteiger partial charge is 0.339 e. The Hall–Kier alpha value is -1.31. The molecule has 2 unspecified atom stereocenters. The van der Waals surface area contributed by atoms with Gasteiger partial charge < -0.3 is 10.6 Å². The van der Waals surface area contributed by atoms with Gasteiger partial charge in [0, 0.05) is 29.6 Å². The summed E-state index contributed by atoms with van der Waals surface area (Å²) < 4.78 is 0. The summed E-state index contributed by atoms with van der Waals surface area (Å²) in [5, 5.41) is 10.6. The standard InChI is InChI=1S/C14H19N3O3S.ClH/c1-10-6-11(7-15)8-16(10)14(18)9-21-13-4-2-12(3-5-13)17(19)20;/h2-5,10-11H,6-9,15H2,1H3;1H. The van der Waals surface area contributed by atoms with Crippen LogP contribution in [0.1, 0.15) is 13.3 Å². The molecule has 8 heteroatoms. The quantitative estimate of drug-likeness (QED) is 0.502. The SMILES string of the molecule is CC1CC(CN)CN1C(=O)CSc1ccc([N+](=O)[O-])cc1.Cl. The normalized spacial score (nSPS) is 20.5. The van der Waals surface area contributed by atoms with Crippen molar-refractivity contribution in [2.75, 3.05) is 18.8 Å². The third-order valence-electron chi connectivity index (χ3n) is 3.72. The van der Waals surface area contributed by atoms with Crippen molar-refractivity contribution in [3.8, 4) is 0 Å². The number of amides is 1. The topological polar surface area (TPSA) is 89.5 Å². The maximum absolute atomic E-state index is 12.2. The number of hydrogen-bond donors (Lipinski definition) is 1. The highest BCUT2D eigenvalue weighted by Gasteiger charge is 2.31. The molecule has 6 nitrogen and oxygen atoms in total. The van der Waals surface area contributed by atoms with E-state index in [2.05, 4.69) is 0 Å². The number of halogens is 1. The molecule has 2 N–H and O–H groups in total. The number of benzene rings is 1. The minimum Gasteiger partial charge on any atom is -0.339 e. The molecule has 0 spiro atoms. The van der Waals surface area contributed by atoms with Crippen molar-refractivity contribution in [3.63, 3.8) is 0 Å². The van der Waals surface area contributed by atoms with Gasteiger partial charge in [0.25, 0.3) is 5.69 Å². The molecule has 1 aliphatic heterocycles. The number of carbonyl (C=O) groups is 1. The van der Waals surface area contributed by atoms with Gasteiger partial charge in [0.15, 0.2) is 0 Å². The molecule has 22 heavy (non-hydrogen) atoms. The van der Waals surface area contributed by atoms with Crippen LogP contribution in [-0.2, 0) is 4.79 Å². The highest BCUT2D eigenvalue weighted by Crippen LogP contribution is 2.25. The van der Waals surface area contributed by atoms with Crippen LogP contribution in [0, 0.1) is 16.0 Å². The Kier molecular flexibility index (Phi) is 7.12. The Morgan fingerprint density at radius 2 is 2.09 bits per heavy atom. The second-order valence-electron chi connectivity index (χ2n) is 5.27. The molecule has 0 bridgehead atoms. The first-order valence-corrected chi connectivity index (χ1v) is 7.86. The summed E-state index contributed by atoms with van der Waals surface area (Å²) in [4.78, 5) is 25.1. The van der Waals surface area contributed by atoms with Crippen molar-refractivity contribution in [2.24, 2.45) is 11.7 Å². The highest BCUT2D eigenvalue weighted by molar-refractivity contribution is 8.00. The van der Waals surface area contributed by atoms with Crippen LogP contribution in [0.2, 0.25) is 0 Å². The summed E-state index contributed by atoms with van der Waals surface area (Å²) in [6.07, 6.45) is 0.963. The molecule has 1 aromatic carbocycles. The van der Waals surface area contributed by atoms with Crippen LogP contribution in [-0.4, -0.2) is 40.6 Å². The van der Waals surface area contributed by atoms with E-state index in [1.54, 1.807) is 12.1 Å². The minimum absolute atomic E-state index is 0. The summed E-state index contributed by atoms with van der Waals surface area (Å²) in [5.41, 5.74) is 5.72. The molecule has 0 aliphatic carbocycles. The Labute approximate surface area is 140 Å². The Morgan fingerprint density at radius 1 is 1.45 bits per heavy atom. The summed E-state index contributed by atoms with van der Waals surface area (Å²) in [6, 6.07) is 6.49. The van der Waals surface area contributed by atoms with Crippen molar-refractivity contribution in [3.05, 3.63) is 34.4 Å². The third-order valence-corrected chi connectivity index (χ3v) is 4.72. The van der Waals surface area contributed by atoms with Gasteiger partial charge in [0.1, 0.15) is 0 Å². The van der Waals surface area contributed by atoms with Crippen LogP contribution in [0.25, 0.3) is 0 Å². The van der Waals surface area contributed by atoms with Crippen molar-refractivity contribution in [1.29, 1.82) is 0 Å². The van der Waals surface area contributed by atoms with Gasteiger partial charge in [0.2, 0.25) is 5.91 Å². The lowest BCUT2D eigenvalue weighted by atomic mass is 10.1. The maximum atomic E-state index is 12.2. The number of likely N-dealkylation sites (tertiary alicyclic amines) is 1. The fourth-order valence-corrected chi connectivity index (χ4v) is 3.34. The summed E-state index contributed by atoms with van der Waals surface area (Å²) in [5.74, 6) is 0.842. The number of rotatable bonds is 5. The smallest absolute Gasteiger partial charge is 0.269 e. The maximum Gasteiger partial charge on any atom is 0.269 e. The van der Waals surface area contributed by atoms with Gasteiger partial charge in [0.05, 0.1) is 10.7 Å². The zero-order valence-electron chi connectivity index (χ0n) is 12.3. The van der Waals surface area contributed by atoms with Crippen LogP contribution in [0.5, 0.6) is 0 Å². The van der Waals surface area contributed by atoms with Crippen LogP contribution >= 0.6 is 24.2 Å². The zero-order chi connectivity index (χ0) is 15.4. The van der Waals surface area contributed by atoms with Crippen molar-refractivity contribution >= 4 is 35.8 Å². The van der Waals surface area contributed by atoms with E-state index in [0.717, 1.165) is 17.9 Å². The number of nitro benzene ring substituents is 1. The van der Waals surface area contributed by atoms with E-state index in [9.17, 15) is 14.9 Å². The van der Waals surface area contributed by atoms with E-state index < -0.39 is 4.92 Å². The van der Waals surface area contributed by atoms with Gasteiger partial charge in [-0.3, -0.25) is 14.9 Å². The first-order valence-electron chi connectivity index (χ1n) is 6.88. The molecule has 122 valence electrons. The molecule has 2 atom stereocenters. The molecular weight excluding hydrogens is 326 g/mol. The van der Waals surface area contributed by atoms with Crippen LogP contribution in [0.15, 0.2) is 29.2 Å². The Morgan fingerprint density at radius 3 is 2.59 bits per heavy atom. The molecule has 1 heterocycles. The average Bonchev–Trinajstić information content (AvgIpc) is 2.86. The van der Waals surface area contributed by atoms with Crippen LogP contribution < -0.4 is 5.73 Å². The molecule has 0 saturated carbocycles. The fraction of sp³-hybridized carbons (Fsp3) is 0.500. The summed E-state index contributed by atoms with van der Waals surface area (Å²) >= 11 is 1.40. The highest BCUT2D eigenvalue weighted by atomic mass is 35.5. The first-order chi connectivity index (χ1) is 10.0. The number of thioether (sulfide) groups is 1. The molecule has 2 rings (SSSR count). The Bertz CT molecular complexity index is 527. The molecule has 1 aliphatic rings. The molecular formula is C14H20ClN3O3S. The van der Waals surface area contributed by atoms with Crippen molar-refractivity contribution in [2.45, 2.75) is 24.3 Å². The predicted octanol–water partition coefficient (Wildman–Crippen LogP) is 2.30. The van der Waals surface area contributed by atoms with E-state index >= 15 is 0 Å². The van der Waals surface area contributed by atoms with Gasteiger partial charge in [-0.25, -0.2) is 0 Å². The van der Waals surface area contributed by atoms with E-state index in [1.165, 1.54) is 23.9 Å². The van der Waals surface area contributed by atoms with Gasteiger partial charge in [-0.2, -0.15) is 0 Å². The van der Waals surface area contributed by atoms with Crippen molar-refractivity contribution < 1.29 is 9.72 Å². The van der Waals surface area contributed by atoms with Gasteiger partial charge in [-0.05, 0) is 37.9 Å². The van der Waals surface area contributed by atoms with Crippen LogP contribution in [0.3, 0.4) is 0 Å². The second kappa shape index (κ2) is 8.36. The number of hydrogen-bond acceptors (Lipinski definition) is 5. The van der Waals surface area contributed by atoms with Gasteiger partial charge in [-0.15, -0.1) is 24.2 Å². The summed E-state index contributed by atoms with van der Waals surface area (Å²) in [6.45, 7) is 3.39. The number of nitrogens with two attached hydrogens (primary N) is 1. The zero-order valence-corrected chi connectivity index (χ0v) is 13.9. The predicted molar refractivity (Wildman–Crippen MR) is 89.4 cm³/mol. The first kappa shape index (κ1) is 18.7. The average molecular weight is 346 g/mol. The monoisotopic (exact) mass is 345 g/mol. The lowest BCUT2D eigenvalue weighted by Gasteiger charge is -2.21. The van der Waals surface area contributed by atoms with Gasteiger partial charge >= 0.3 is 0 Å². The second-order valence-corrected chi connectivity index (χ2v) is 6.32. The minimum atomic E-state index is -0.432. The molecule has 1 saturated heterocycles. The van der Waals surface area contributed by atoms with Crippen molar-refractivity contribution in [1.82, 2.24) is 4.90 Å². The number of nitrogens with zero attached hydrogens (tertiary/aromatic N) is 2. The van der Waals surface area contributed by atoms with E-state index in [-0.39, 0.29) is 30.0 Å².